The molecule has 2 nitrogen and oxygen atoms in total. The average Bonchev–Trinajstić information content (AvgIpc) is 2.21. The molecule has 0 amide bonds. The van der Waals surface area contributed by atoms with Crippen molar-refractivity contribution in [3.8, 4) is 11.5 Å². The summed E-state index contributed by atoms with van der Waals surface area (Å²) < 4.78 is 0. The molecule has 0 radical (unpaired) electrons. The molecule has 0 atom stereocenters. The first-order chi connectivity index (χ1) is 6.79. The first-order valence-corrected chi connectivity index (χ1v) is 4.27. The molecule has 2 N–H and O–H groups in total. The fraction of sp³-hybridized carbons (Fsp3) is 0. The van der Waals surface area contributed by atoms with Crippen molar-refractivity contribution in [3.63, 3.8) is 0 Å². The van der Waals surface area contributed by atoms with E-state index >= 15 is 0 Å². The van der Waals surface area contributed by atoms with E-state index in [1.54, 1.807) is 48.5 Å². The van der Waals surface area contributed by atoms with Crippen LogP contribution in [0.3, 0.4) is 0 Å². The Kier molecular flexibility index (Phi) is 16.8. The third kappa shape index (κ3) is 11.5. The molecule has 0 bridgehead atoms. The molecule has 5 heteroatoms. The van der Waals surface area contributed by atoms with E-state index < -0.39 is 0 Å². The van der Waals surface area contributed by atoms with Crippen LogP contribution in [0.1, 0.15) is 0 Å². The van der Waals surface area contributed by atoms with Crippen molar-refractivity contribution in [2.75, 3.05) is 0 Å². The van der Waals surface area contributed by atoms with Crippen LogP contribution < -0.4 is 24.8 Å². The van der Waals surface area contributed by atoms with E-state index in [9.17, 15) is 0 Å². The van der Waals surface area contributed by atoms with Gasteiger partial charge < -0.3 is 35.0 Å². The second-order valence-electron chi connectivity index (χ2n) is 2.67. The molecule has 0 aliphatic carbocycles. The summed E-state index contributed by atoms with van der Waals surface area (Å²) in [6, 6.07) is 17.4. The van der Waals surface area contributed by atoms with Gasteiger partial charge in [-0.3, -0.25) is 0 Å². The normalized spacial score (nSPS) is 7.06. The molecule has 0 saturated carbocycles. The quantitative estimate of drug-likeness (QED) is 0.501. The van der Waals surface area contributed by atoms with Crippen LogP contribution in [0.2, 0.25) is 0 Å². The van der Waals surface area contributed by atoms with Crippen LogP contribution in [-0.2, 0) is 19.5 Å². The molecule has 2 aromatic carbocycles. The summed E-state index contributed by atoms with van der Waals surface area (Å²) in [5.74, 6) is 0.644. The van der Waals surface area contributed by atoms with E-state index in [-0.39, 0.29) is 44.3 Å². The van der Waals surface area contributed by atoms with Crippen molar-refractivity contribution in [1.82, 2.24) is 0 Å². The molecule has 0 heterocycles. The first kappa shape index (κ1) is 21.5. The Morgan fingerprint density at radius 1 is 0.529 bits per heavy atom. The van der Waals surface area contributed by atoms with Gasteiger partial charge in [0.15, 0.2) is 0 Å². The van der Waals surface area contributed by atoms with Crippen LogP contribution in [0.15, 0.2) is 60.7 Å². The number of benzene rings is 2. The van der Waals surface area contributed by atoms with Crippen molar-refractivity contribution >= 4 is 0 Å². The number of hydrogen-bond acceptors (Lipinski definition) is 2. The molecular formula is C12H12Cl2O2Zn. The largest absolute Gasteiger partial charge is 2.00 e. The van der Waals surface area contributed by atoms with Crippen LogP contribution in [-0.4, -0.2) is 10.2 Å². The van der Waals surface area contributed by atoms with E-state index in [2.05, 4.69) is 0 Å². The van der Waals surface area contributed by atoms with Crippen molar-refractivity contribution in [2.24, 2.45) is 0 Å². The Labute approximate surface area is 126 Å². The molecule has 0 aliphatic rings. The zero-order valence-corrected chi connectivity index (χ0v) is 13.6. The summed E-state index contributed by atoms with van der Waals surface area (Å²) in [4.78, 5) is 0. The van der Waals surface area contributed by atoms with Crippen LogP contribution >= 0.6 is 0 Å². The Hall–Kier alpha value is -0.757. The van der Waals surface area contributed by atoms with E-state index in [1.807, 2.05) is 12.1 Å². The zero-order chi connectivity index (χ0) is 10.2. The molecule has 2 aromatic rings. The predicted octanol–water partition coefficient (Wildman–Crippen LogP) is -3.21. The standard InChI is InChI=1S/2C6H6O.2ClH.Zn/c2*7-6-4-2-1-3-5-6;;;/h2*1-5,7H;2*1H;/q;;;;+2/p-2. The zero-order valence-electron chi connectivity index (χ0n) is 9.13. The number of para-hydroxylation sites is 2. The number of phenols is 2. The van der Waals surface area contributed by atoms with Gasteiger partial charge in [-0.25, -0.2) is 0 Å². The number of phenolic OH excluding ortho intramolecular Hbond substituents is 2. The molecular weight excluding hydrogens is 312 g/mol. The van der Waals surface area contributed by atoms with Gasteiger partial charge in [0.25, 0.3) is 0 Å². The van der Waals surface area contributed by atoms with Gasteiger partial charge in [0, 0.05) is 0 Å². The number of rotatable bonds is 0. The monoisotopic (exact) mass is 322 g/mol. The van der Waals surface area contributed by atoms with Gasteiger partial charge >= 0.3 is 19.5 Å². The summed E-state index contributed by atoms with van der Waals surface area (Å²) >= 11 is 0. The van der Waals surface area contributed by atoms with Crippen LogP contribution in [0.5, 0.6) is 11.5 Å². The number of hydrogen-bond donors (Lipinski definition) is 2. The van der Waals surface area contributed by atoms with Gasteiger partial charge in [0.2, 0.25) is 0 Å². The van der Waals surface area contributed by atoms with Gasteiger partial charge in [-0.15, -0.1) is 0 Å². The Morgan fingerprint density at radius 2 is 0.765 bits per heavy atom. The third-order valence-corrected chi connectivity index (χ3v) is 1.51. The van der Waals surface area contributed by atoms with Crippen molar-refractivity contribution in [3.05, 3.63) is 60.7 Å². The molecule has 0 aliphatic heterocycles. The molecule has 0 aromatic heterocycles. The van der Waals surface area contributed by atoms with E-state index in [1.165, 1.54) is 0 Å². The van der Waals surface area contributed by atoms with E-state index in [0.717, 1.165) is 0 Å². The second-order valence-corrected chi connectivity index (χ2v) is 2.67. The van der Waals surface area contributed by atoms with Gasteiger partial charge in [-0.05, 0) is 24.3 Å². The predicted molar refractivity (Wildman–Crippen MR) is 56.2 cm³/mol. The molecule has 17 heavy (non-hydrogen) atoms. The summed E-state index contributed by atoms with van der Waals surface area (Å²) in [5.41, 5.74) is 0. The molecule has 0 spiro atoms. The van der Waals surface area contributed by atoms with Gasteiger partial charge in [0.1, 0.15) is 11.5 Å². The molecule has 0 saturated heterocycles. The summed E-state index contributed by atoms with van der Waals surface area (Å²) in [5, 5.41) is 17.3. The fourth-order valence-corrected chi connectivity index (χ4v) is 0.856. The van der Waals surface area contributed by atoms with Crippen LogP contribution in [0.25, 0.3) is 0 Å². The summed E-state index contributed by atoms with van der Waals surface area (Å²) in [6.45, 7) is 0. The molecule has 2 rings (SSSR count). The average molecular weight is 325 g/mol. The smallest absolute Gasteiger partial charge is 1.00 e. The minimum atomic E-state index is 0. The summed E-state index contributed by atoms with van der Waals surface area (Å²) in [7, 11) is 0. The van der Waals surface area contributed by atoms with Crippen LogP contribution in [0.4, 0.5) is 0 Å². The fourth-order valence-electron chi connectivity index (χ4n) is 0.856. The maximum absolute atomic E-state index is 8.63. The topological polar surface area (TPSA) is 40.5 Å². The minimum absolute atomic E-state index is 0. The first-order valence-electron chi connectivity index (χ1n) is 4.27. The van der Waals surface area contributed by atoms with Gasteiger partial charge in [0.05, 0.1) is 0 Å². The second kappa shape index (κ2) is 13.3. The summed E-state index contributed by atoms with van der Waals surface area (Å²) in [6.07, 6.45) is 0. The minimum Gasteiger partial charge on any atom is -1.00 e. The Morgan fingerprint density at radius 3 is 0.882 bits per heavy atom. The van der Waals surface area contributed by atoms with Crippen molar-refractivity contribution < 1.29 is 54.5 Å². The molecule has 0 unspecified atom stereocenters. The van der Waals surface area contributed by atoms with Crippen molar-refractivity contribution in [2.45, 2.75) is 0 Å². The van der Waals surface area contributed by atoms with E-state index in [4.69, 9.17) is 10.2 Å². The molecule has 88 valence electrons. The number of aromatic hydroxyl groups is 2. The maximum Gasteiger partial charge on any atom is 2.00 e. The third-order valence-electron chi connectivity index (χ3n) is 1.51. The van der Waals surface area contributed by atoms with E-state index in [0.29, 0.717) is 11.5 Å². The molecule has 0 fully saturated rings. The maximum atomic E-state index is 8.63. The van der Waals surface area contributed by atoms with Gasteiger partial charge in [-0.2, -0.15) is 0 Å². The van der Waals surface area contributed by atoms with Gasteiger partial charge in [-0.1, -0.05) is 36.4 Å². The number of halogens is 2. The Balaban J connectivity index is -0.000000196. The van der Waals surface area contributed by atoms with Crippen LogP contribution in [0, 0.1) is 0 Å². The Bertz CT molecular complexity index is 320. The SMILES string of the molecule is Oc1ccccc1.Oc1ccccc1.[Cl-].[Cl-].[Zn+2]. The van der Waals surface area contributed by atoms with Crippen molar-refractivity contribution in [1.29, 1.82) is 0 Å².